The predicted molar refractivity (Wildman–Crippen MR) is 130 cm³/mol. The van der Waals surface area contributed by atoms with Crippen LogP contribution in [-0.4, -0.2) is 40.1 Å². The fourth-order valence-corrected chi connectivity index (χ4v) is 4.42. The second kappa shape index (κ2) is 10.1. The quantitative estimate of drug-likeness (QED) is 0.479. The van der Waals surface area contributed by atoms with Gasteiger partial charge >= 0.3 is 5.97 Å². The first kappa shape index (κ1) is 24.1. The Bertz CT molecular complexity index is 1370. The van der Waals surface area contributed by atoms with Gasteiger partial charge in [-0.3, -0.25) is 9.52 Å². The number of aryl methyl sites for hydroxylation is 2. The predicted octanol–water partition coefficient (Wildman–Crippen LogP) is 3.67. The molecule has 182 valence electrons. The Morgan fingerprint density at radius 1 is 0.914 bits per heavy atom. The van der Waals surface area contributed by atoms with Gasteiger partial charge in [0.05, 0.1) is 10.5 Å². The van der Waals surface area contributed by atoms with Gasteiger partial charge in [0.15, 0.2) is 18.1 Å². The third-order valence-electron chi connectivity index (χ3n) is 5.20. The summed E-state index contributed by atoms with van der Waals surface area (Å²) in [5, 5.41) is 2.72. The van der Waals surface area contributed by atoms with E-state index in [0.29, 0.717) is 30.4 Å². The van der Waals surface area contributed by atoms with Gasteiger partial charge in [-0.1, -0.05) is 12.1 Å². The van der Waals surface area contributed by atoms with Crippen LogP contribution >= 0.6 is 0 Å². The van der Waals surface area contributed by atoms with Crippen LogP contribution in [0.3, 0.4) is 0 Å². The number of sulfonamides is 1. The van der Waals surface area contributed by atoms with Crippen LogP contribution in [0.15, 0.2) is 65.6 Å². The van der Waals surface area contributed by atoms with Crippen molar-refractivity contribution in [3.63, 3.8) is 0 Å². The van der Waals surface area contributed by atoms with E-state index < -0.39 is 28.5 Å². The van der Waals surface area contributed by atoms with Crippen LogP contribution in [0, 0.1) is 13.8 Å². The summed E-state index contributed by atoms with van der Waals surface area (Å²) in [5.41, 5.74) is 2.97. The second-order valence-electron chi connectivity index (χ2n) is 7.93. The van der Waals surface area contributed by atoms with E-state index in [1.807, 2.05) is 32.0 Å². The number of hydrogen-bond acceptors (Lipinski definition) is 7. The number of carbonyl (C=O) groups is 2. The number of hydrogen-bond donors (Lipinski definition) is 2. The number of esters is 1. The molecule has 4 rings (SSSR count). The summed E-state index contributed by atoms with van der Waals surface area (Å²) >= 11 is 0. The van der Waals surface area contributed by atoms with Crippen molar-refractivity contribution in [1.82, 2.24) is 0 Å². The number of benzene rings is 3. The summed E-state index contributed by atoms with van der Waals surface area (Å²) in [7, 11) is -3.89. The molecular weight excluding hydrogens is 472 g/mol. The van der Waals surface area contributed by atoms with Gasteiger partial charge in [-0.05, 0) is 67.4 Å². The lowest BCUT2D eigenvalue weighted by Crippen LogP contribution is -2.21. The molecule has 9 nitrogen and oxygen atoms in total. The summed E-state index contributed by atoms with van der Waals surface area (Å²) in [6.07, 6.45) is 0. The lowest BCUT2D eigenvalue weighted by Gasteiger charge is -2.19. The Morgan fingerprint density at radius 3 is 2.37 bits per heavy atom. The summed E-state index contributed by atoms with van der Waals surface area (Å²) in [4.78, 5) is 24.5. The molecule has 1 aliphatic rings. The number of anilines is 2. The smallest absolute Gasteiger partial charge is 0.338 e. The minimum Gasteiger partial charge on any atom is -0.486 e. The van der Waals surface area contributed by atoms with Gasteiger partial charge in [0.2, 0.25) is 0 Å². The van der Waals surface area contributed by atoms with E-state index in [-0.39, 0.29) is 16.1 Å². The highest BCUT2D eigenvalue weighted by molar-refractivity contribution is 7.92. The topological polar surface area (TPSA) is 120 Å². The Kier molecular flexibility index (Phi) is 6.92. The molecule has 3 aromatic rings. The first-order valence-corrected chi connectivity index (χ1v) is 12.3. The van der Waals surface area contributed by atoms with Gasteiger partial charge in [-0.15, -0.1) is 0 Å². The maximum absolute atomic E-state index is 12.7. The number of ether oxygens (including phenoxy) is 3. The Balaban J connectivity index is 1.34. The Morgan fingerprint density at radius 2 is 1.63 bits per heavy atom. The van der Waals surface area contributed by atoms with Crippen molar-refractivity contribution in [3.05, 3.63) is 77.4 Å². The molecule has 3 aromatic carbocycles. The molecule has 1 aliphatic heterocycles. The van der Waals surface area contributed by atoms with Crippen molar-refractivity contribution in [2.45, 2.75) is 18.7 Å². The van der Waals surface area contributed by atoms with Crippen LogP contribution in [0.1, 0.15) is 21.5 Å². The highest BCUT2D eigenvalue weighted by Gasteiger charge is 2.20. The van der Waals surface area contributed by atoms with Crippen molar-refractivity contribution in [3.8, 4) is 11.5 Å². The second-order valence-corrected chi connectivity index (χ2v) is 9.61. The molecular formula is C25H24N2O7S. The van der Waals surface area contributed by atoms with Crippen LogP contribution in [0.2, 0.25) is 0 Å². The largest absolute Gasteiger partial charge is 0.486 e. The molecule has 0 unspecified atom stereocenters. The maximum atomic E-state index is 12.7. The summed E-state index contributed by atoms with van der Waals surface area (Å²) in [5.74, 6) is -0.321. The fraction of sp³-hybridized carbons (Fsp3) is 0.200. The average Bonchev–Trinajstić information content (AvgIpc) is 2.84. The SMILES string of the molecule is Cc1ccc(C)c(NC(=O)COC(=O)c2ccc(NS(=O)(=O)c3ccc4c(c3)OCCO4)cc2)c1. The zero-order chi connectivity index (χ0) is 25.0. The van der Waals surface area contributed by atoms with Crippen LogP contribution in [-0.2, 0) is 19.6 Å². The molecule has 0 saturated heterocycles. The third-order valence-corrected chi connectivity index (χ3v) is 6.58. The van der Waals surface area contributed by atoms with E-state index in [0.717, 1.165) is 11.1 Å². The van der Waals surface area contributed by atoms with Gasteiger partial charge in [0.25, 0.3) is 15.9 Å². The molecule has 1 amide bonds. The number of fused-ring (bicyclic) bond motifs is 1. The van der Waals surface area contributed by atoms with Crippen molar-refractivity contribution >= 4 is 33.3 Å². The Labute approximate surface area is 203 Å². The standard InChI is InChI=1S/C25H24N2O7S/c1-16-3-4-17(2)21(13-16)26-24(28)15-34-25(29)18-5-7-19(8-6-18)27-35(30,31)20-9-10-22-23(14-20)33-12-11-32-22/h3-10,13-14,27H,11-12,15H2,1-2H3,(H,26,28). The van der Waals surface area contributed by atoms with E-state index in [2.05, 4.69) is 10.0 Å². The van der Waals surface area contributed by atoms with Crippen molar-refractivity contribution in [2.24, 2.45) is 0 Å². The fourth-order valence-electron chi connectivity index (χ4n) is 3.35. The van der Waals surface area contributed by atoms with Crippen LogP contribution < -0.4 is 19.5 Å². The zero-order valence-electron chi connectivity index (χ0n) is 19.2. The molecule has 0 radical (unpaired) electrons. The molecule has 1 heterocycles. The van der Waals surface area contributed by atoms with Gasteiger partial charge in [-0.2, -0.15) is 0 Å². The first-order valence-electron chi connectivity index (χ1n) is 10.8. The minimum absolute atomic E-state index is 0.0140. The molecule has 0 aliphatic carbocycles. The number of amides is 1. The molecule has 2 N–H and O–H groups in total. The molecule has 0 bridgehead atoms. The first-order chi connectivity index (χ1) is 16.7. The monoisotopic (exact) mass is 496 g/mol. The molecule has 10 heteroatoms. The molecule has 35 heavy (non-hydrogen) atoms. The van der Waals surface area contributed by atoms with E-state index in [1.165, 1.54) is 36.4 Å². The highest BCUT2D eigenvalue weighted by atomic mass is 32.2. The van der Waals surface area contributed by atoms with E-state index in [9.17, 15) is 18.0 Å². The van der Waals surface area contributed by atoms with Crippen molar-refractivity contribution < 1.29 is 32.2 Å². The lowest BCUT2D eigenvalue weighted by molar-refractivity contribution is -0.119. The molecule has 0 saturated carbocycles. The van der Waals surface area contributed by atoms with E-state index in [1.54, 1.807) is 6.07 Å². The average molecular weight is 497 g/mol. The minimum atomic E-state index is -3.89. The van der Waals surface area contributed by atoms with Crippen molar-refractivity contribution in [2.75, 3.05) is 29.9 Å². The molecule has 0 aromatic heterocycles. The zero-order valence-corrected chi connectivity index (χ0v) is 20.0. The van der Waals surface area contributed by atoms with Crippen LogP contribution in [0.5, 0.6) is 11.5 Å². The van der Waals surface area contributed by atoms with Gasteiger partial charge < -0.3 is 19.5 Å². The van der Waals surface area contributed by atoms with Crippen molar-refractivity contribution in [1.29, 1.82) is 0 Å². The molecule has 0 spiro atoms. The summed E-state index contributed by atoms with van der Waals surface area (Å²) < 4.78 is 43.9. The summed E-state index contributed by atoms with van der Waals surface area (Å²) in [6, 6.07) is 15.7. The maximum Gasteiger partial charge on any atom is 0.338 e. The number of carbonyl (C=O) groups excluding carboxylic acids is 2. The Hall–Kier alpha value is -4.05. The van der Waals surface area contributed by atoms with Crippen LogP contribution in [0.25, 0.3) is 0 Å². The van der Waals surface area contributed by atoms with Crippen LogP contribution in [0.4, 0.5) is 11.4 Å². The van der Waals surface area contributed by atoms with Gasteiger partial charge in [0.1, 0.15) is 13.2 Å². The number of nitrogens with one attached hydrogen (secondary N) is 2. The normalized spacial score (nSPS) is 12.5. The highest BCUT2D eigenvalue weighted by Crippen LogP contribution is 2.32. The van der Waals surface area contributed by atoms with E-state index in [4.69, 9.17) is 14.2 Å². The third kappa shape index (κ3) is 5.90. The molecule has 0 fully saturated rings. The van der Waals surface area contributed by atoms with Gasteiger partial charge in [-0.25, -0.2) is 13.2 Å². The number of rotatable bonds is 7. The summed E-state index contributed by atoms with van der Waals surface area (Å²) in [6.45, 7) is 4.07. The van der Waals surface area contributed by atoms with Gasteiger partial charge in [0, 0.05) is 17.4 Å². The van der Waals surface area contributed by atoms with E-state index >= 15 is 0 Å². The lowest BCUT2D eigenvalue weighted by atomic mass is 10.1. The molecule has 0 atom stereocenters.